The minimum atomic E-state index is 0.511. The topological polar surface area (TPSA) is 39.6 Å². The van der Waals surface area contributed by atoms with Crippen molar-refractivity contribution in [2.24, 2.45) is 0 Å². The van der Waals surface area contributed by atoms with Crippen molar-refractivity contribution < 1.29 is 0 Å². The number of benzene rings is 1. The minimum Gasteiger partial charge on any atom is -0.349 e. The first-order valence-electron chi connectivity index (χ1n) is 7.90. The van der Waals surface area contributed by atoms with Gasteiger partial charge in [0.05, 0.1) is 5.56 Å². The monoisotopic (exact) mass is 308 g/mol. The standard InChI is InChI=1S/C19H20N2S/c1-12(2)13-7-9-14(10-8-13)18-15-5-3-4-6-17(15)21-19(22)16(18)11-20/h7-10,12H,3-6H2,1-2H3,(H,21,22). The number of nitriles is 1. The van der Waals surface area contributed by atoms with Crippen LogP contribution < -0.4 is 0 Å². The van der Waals surface area contributed by atoms with Crippen LogP contribution in [0.15, 0.2) is 24.3 Å². The summed E-state index contributed by atoms with van der Waals surface area (Å²) in [5, 5.41) is 9.57. The number of hydrogen-bond donors (Lipinski definition) is 1. The van der Waals surface area contributed by atoms with Crippen molar-refractivity contribution in [3.05, 3.63) is 51.3 Å². The number of hydrogen-bond acceptors (Lipinski definition) is 2. The molecule has 0 saturated carbocycles. The largest absolute Gasteiger partial charge is 0.349 e. The zero-order chi connectivity index (χ0) is 15.7. The van der Waals surface area contributed by atoms with Crippen molar-refractivity contribution in [1.82, 2.24) is 4.98 Å². The summed E-state index contributed by atoms with van der Waals surface area (Å²) in [4.78, 5) is 3.28. The molecule has 0 spiro atoms. The molecule has 0 amide bonds. The van der Waals surface area contributed by atoms with E-state index >= 15 is 0 Å². The van der Waals surface area contributed by atoms with Gasteiger partial charge in [-0.3, -0.25) is 0 Å². The highest BCUT2D eigenvalue weighted by molar-refractivity contribution is 7.71. The number of nitrogens with zero attached hydrogens (tertiary/aromatic N) is 1. The summed E-state index contributed by atoms with van der Waals surface area (Å²) in [6, 6.07) is 10.9. The molecule has 112 valence electrons. The van der Waals surface area contributed by atoms with Crippen LogP contribution in [0.5, 0.6) is 0 Å². The number of nitrogens with one attached hydrogen (secondary N) is 1. The molecule has 0 radical (unpaired) electrons. The van der Waals surface area contributed by atoms with Gasteiger partial charge in [0.15, 0.2) is 0 Å². The molecule has 22 heavy (non-hydrogen) atoms. The lowest BCUT2D eigenvalue weighted by molar-refractivity contribution is 0.668. The SMILES string of the molecule is CC(C)c1ccc(-c2c3c([nH]c(=S)c2C#N)CCCC3)cc1. The van der Waals surface area contributed by atoms with E-state index in [1.807, 2.05) is 0 Å². The highest BCUT2D eigenvalue weighted by Crippen LogP contribution is 2.34. The molecule has 0 unspecified atom stereocenters. The van der Waals surface area contributed by atoms with Gasteiger partial charge in [0, 0.05) is 11.3 Å². The summed E-state index contributed by atoms with van der Waals surface area (Å²) in [6.07, 6.45) is 4.43. The van der Waals surface area contributed by atoms with Gasteiger partial charge >= 0.3 is 0 Å². The van der Waals surface area contributed by atoms with Crippen molar-refractivity contribution in [3.63, 3.8) is 0 Å². The third kappa shape index (κ3) is 2.60. The molecule has 0 atom stereocenters. The van der Waals surface area contributed by atoms with Gasteiger partial charge in [-0.1, -0.05) is 50.3 Å². The van der Waals surface area contributed by atoms with Crippen LogP contribution in [0, 0.1) is 16.0 Å². The lowest BCUT2D eigenvalue weighted by Gasteiger charge is -2.21. The number of rotatable bonds is 2. The van der Waals surface area contributed by atoms with E-state index < -0.39 is 0 Å². The Labute approximate surface area is 136 Å². The smallest absolute Gasteiger partial charge is 0.122 e. The molecular weight excluding hydrogens is 288 g/mol. The second kappa shape index (κ2) is 6.06. The molecule has 0 fully saturated rings. The van der Waals surface area contributed by atoms with Crippen LogP contribution in [0.25, 0.3) is 11.1 Å². The number of aromatic nitrogens is 1. The Balaban J connectivity index is 2.22. The molecule has 1 heterocycles. The second-order valence-electron chi connectivity index (χ2n) is 6.26. The Morgan fingerprint density at radius 1 is 1.14 bits per heavy atom. The van der Waals surface area contributed by atoms with E-state index in [-0.39, 0.29) is 0 Å². The van der Waals surface area contributed by atoms with Crippen molar-refractivity contribution >= 4 is 12.2 Å². The van der Waals surface area contributed by atoms with Crippen LogP contribution in [0.4, 0.5) is 0 Å². The highest BCUT2D eigenvalue weighted by atomic mass is 32.1. The second-order valence-corrected chi connectivity index (χ2v) is 6.67. The lowest BCUT2D eigenvalue weighted by atomic mass is 9.86. The number of fused-ring (bicyclic) bond motifs is 1. The van der Waals surface area contributed by atoms with E-state index in [2.05, 4.69) is 49.2 Å². The van der Waals surface area contributed by atoms with Gasteiger partial charge in [0.2, 0.25) is 0 Å². The number of aryl methyl sites for hydroxylation is 1. The zero-order valence-corrected chi connectivity index (χ0v) is 13.9. The summed E-state index contributed by atoms with van der Waals surface area (Å²) >= 11 is 5.41. The molecule has 1 aliphatic carbocycles. The third-order valence-corrected chi connectivity index (χ3v) is 4.80. The quantitative estimate of drug-likeness (QED) is 0.766. The van der Waals surface area contributed by atoms with Gasteiger partial charge in [0.1, 0.15) is 10.7 Å². The molecule has 2 aromatic rings. The summed E-state index contributed by atoms with van der Waals surface area (Å²) in [7, 11) is 0. The lowest BCUT2D eigenvalue weighted by Crippen LogP contribution is -2.09. The maximum absolute atomic E-state index is 9.57. The average molecular weight is 308 g/mol. The molecule has 1 aromatic heterocycles. The Kier molecular flexibility index (Phi) is 4.13. The Hall–Kier alpha value is -1.92. The molecule has 3 heteroatoms. The number of pyridine rings is 1. The molecule has 3 rings (SSSR count). The first-order chi connectivity index (χ1) is 10.6. The van der Waals surface area contributed by atoms with Crippen LogP contribution in [0.3, 0.4) is 0 Å². The fraction of sp³-hybridized carbons (Fsp3) is 0.368. The van der Waals surface area contributed by atoms with Crippen molar-refractivity contribution in [1.29, 1.82) is 5.26 Å². The molecule has 1 aromatic carbocycles. The molecule has 2 nitrogen and oxygen atoms in total. The molecule has 0 bridgehead atoms. The van der Waals surface area contributed by atoms with E-state index in [1.54, 1.807) is 0 Å². The van der Waals surface area contributed by atoms with Gasteiger partial charge in [-0.15, -0.1) is 0 Å². The van der Waals surface area contributed by atoms with Crippen molar-refractivity contribution in [3.8, 4) is 17.2 Å². The summed E-state index contributed by atoms with van der Waals surface area (Å²) in [6.45, 7) is 4.38. The Morgan fingerprint density at radius 2 is 1.82 bits per heavy atom. The van der Waals surface area contributed by atoms with Crippen LogP contribution in [0.2, 0.25) is 0 Å². The fourth-order valence-corrected chi connectivity index (χ4v) is 3.51. The Morgan fingerprint density at radius 3 is 2.45 bits per heavy atom. The minimum absolute atomic E-state index is 0.511. The highest BCUT2D eigenvalue weighted by Gasteiger charge is 2.19. The number of aromatic amines is 1. The van der Waals surface area contributed by atoms with Crippen molar-refractivity contribution in [2.75, 3.05) is 0 Å². The summed E-state index contributed by atoms with van der Waals surface area (Å²) < 4.78 is 0.575. The zero-order valence-electron chi connectivity index (χ0n) is 13.1. The molecule has 1 aliphatic rings. The van der Waals surface area contributed by atoms with Gasteiger partial charge in [0.25, 0.3) is 0 Å². The van der Waals surface area contributed by atoms with Crippen LogP contribution in [-0.4, -0.2) is 4.98 Å². The number of H-pyrrole nitrogens is 1. The van der Waals surface area contributed by atoms with Crippen LogP contribution in [0.1, 0.15) is 55.0 Å². The summed E-state index contributed by atoms with van der Waals surface area (Å²) in [5.74, 6) is 0.511. The van der Waals surface area contributed by atoms with E-state index in [1.165, 1.54) is 29.7 Å². The van der Waals surface area contributed by atoms with E-state index in [4.69, 9.17) is 12.2 Å². The molecule has 0 saturated heterocycles. The first-order valence-corrected chi connectivity index (χ1v) is 8.31. The third-order valence-electron chi connectivity index (χ3n) is 4.49. The molecule has 1 N–H and O–H groups in total. The maximum atomic E-state index is 9.57. The fourth-order valence-electron chi connectivity index (χ4n) is 3.24. The van der Waals surface area contributed by atoms with Gasteiger partial charge < -0.3 is 4.98 Å². The van der Waals surface area contributed by atoms with Gasteiger partial charge in [-0.25, -0.2) is 0 Å². The normalized spacial score (nSPS) is 13.7. The first kappa shape index (κ1) is 15.0. The van der Waals surface area contributed by atoms with Crippen LogP contribution in [-0.2, 0) is 12.8 Å². The van der Waals surface area contributed by atoms with E-state index in [0.717, 1.165) is 24.0 Å². The van der Waals surface area contributed by atoms with Crippen LogP contribution >= 0.6 is 12.2 Å². The van der Waals surface area contributed by atoms with Gasteiger partial charge in [-0.2, -0.15) is 5.26 Å². The van der Waals surface area contributed by atoms with Crippen molar-refractivity contribution in [2.45, 2.75) is 45.4 Å². The predicted octanol–water partition coefficient (Wildman–Crippen LogP) is 5.29. The Bertz CT molecular complexity index is 792. The molecule has 0 aliphatic heterocycles. The summed E-state index contributed by atoms with van der Waals surface area (Å²) in [5.41, 5.74) is 6.60. The maximum Gasteiger partial charge on any atom is 0.122 e. The van der Waals surface area contributed by atoms with Gasteiger partial charge in [-0.05, 0) is 48.3 Å². The molecular formula is C19H20N2S. The predicted molar refractivity (Wildman–Crippen MR) is 92.5 cm³/mol. The van der Waals surface area contributed by atoms with E-state index in [9.17, 15) is 5.26 Å². The van der Waals surface area contributed by atoms with E-state index in [0.29, 0.717) is 16.1 Å². The average Bonchev–Trinajstić information content (AvgIpc) is 2.53.